The molecule has 0 radical (unpaired) electrons. The van der Waals surface area contributed by atoms with Gasteiger partial charge in [0.05, 0.1) is 22.8 Å². The lowest BCUT2D eigenvalue weighted by Crippen LogP contribution is -2.31. The van der Waals surface area contributed by atoms with Gasteiger partial charge >= 0.3 is 12.4 Å². The highest BCUT2D eigenvalue weighted by Gasteiger charge is 2.33. The van der Waals surface area contributed by atoms with E-state index >= 15 is 4.39 Å². The number of ether oxygens (including phenoxy) is 1. The third-order valence-electron chi connectivity index (χ3n) is 6.29. The molecule has 1 fully saturated rings. The number of halogens is 4. The number of carbonyl (C=O) groups excluding carboxylic acids is 2. The minimum atomic E-state index is -4.85. The van der Waals surface area contributed by atoms with Crippen molar-refractivity contribution in [3.63, 3.8) is 0 Å². The lowest BCUT2D eigenvalue weighted by atomic mass is 9.99. The van der Waals surface area contributed by atoms with Crippen LogP contribution in [-0.2, 0) is 4.79 Å². The summed E-state index contributed by atoms with van der Waals surface area (Å²) in [5.74, 6) is -1.12. The first kappa shape index (κ1) is 29.8. The molecule has 3 amide bonds. The topological polar surface area (TPSA) is 102 Å². The molecule has 43 heavy (non-hydrogen) atoms. The van der Waals surface area contributed by atoms with Crippen molar-refractivity contribution in [1.82, 2.24) is 14.8 Å². The van der Waals surface area contributed by atoms with E-state index in [0.29, 0.717) is 5.69 Å². The average Bonchev–Trinajstić information content (AvgIpc) is 3.56. The zero-order valence-electron chi connectivity index (χ0n) is 23.0. The first-order valence-corrected chi connectivity index (χ1v) is 13.9. The van der Waals surface area contributed by atoms with Crippen LogP contribution >= 0.6 is 11.8 Å². The summed E-state index contributed by atoms with van der Waals surface area (Å²) in [6, 6.07) is 13.9. The summed E-state index contributed by atoms with van der Waals surface area (Å²) in [6.45, 7) is 5.91. The predicted molar refractivity (Wildman–Crippen MR) is 155 cm³/mol. The van der Waals surface area contributed by atoms with E-state index in [0.717, 1.165) is 41.1 Å². The van der Waals surface area contributed by atoms with Crippen molar-refractivity contribution in [3.05, 3.63) is 83.9 Å². The van der Waals surface area contributed by atoms with Crippen molar-refractivity contribution < 1.29 is 31.9 Å². The molecule has 1 N–H and O–H groups in total. The van der Waals surface area contributed by atoms with Gasteiger partial charge < -0.3 is 10.1 Å². The molecule has 5 rings (SSSR count). The Morgan fingerprint density at radius 2 is 1.91 bits per heavy atom. The fourth-order valence-corrected chi connectivity index (χ4v) is 5.20. The summed E-state index contributed by atoms with van der Waals surface area (Å²) in [5.41, 5.74) is 2.86. The maximum Gasteiger partial charge on any atom is 0.573 e. The molecular formula is C29H24F4N6O3S. The van der Waals surface area contributed by atoms with Crippen molar-refractivity contribution in [3.8, 4) is 22.8 Å². The number of aryl methyl sites for hydroxylation is 1. The predicted octanol–water partition coefficient (Wildman–Crippen LogP) is 7.07. The van der Waals surface area contributed by atoms with Gasteiger partial charge in [-0.05, 0) is 60.4 Å². The van der Waals surface area contributed by atoms with Crippen LogP contribution < -0.4 is 15.0 Å². The van der Waals surface area contributed by atoms with Gasteiger partial charge in [-0.1, -0.05) is 43.8 Å². The zero-order chi connectivity index (χ0) is 30.9. The van der Waals surface area contributed by atoms with Gasteiger partial charge in [0.15, 0.2) is 11.0 Å². The molecule has 0 atom stereocenters. The molecule has 1 saturated heterocycles. The Balaban J connectivity index is 1.33. The molecule has 2 heterocycles. The number of amides is 3. The first-order chi connectivity index (χ1) is 20.4. The van der Waals surface area contributed by atoms with E-state index in [1.165, 1.54) is 40.2 Å². The number of urea groups is 1. The van der Waals surface area contributed by atoms with Crippen LogP contribution in [0.2, 0.25) is 0 Å². The van der Waals surface area contributed by atoms with Crippen molar-refractivity contribution in [2.24, 2.45) is 4.99 Å². The quantitative estimate of drug-likeness (QED) is 0.234. The van der Waals surface area contributed by atoms with E-state index in [4.69, 9.17) is 0 Å². The smallest absolute Gasteiger partial charge is 0.406 e. The molecule has 1 aromatic heterocycles. The van der Waals surface area contributed by atoms with Gasteiger partial charge in [-0.3, -0.25) is 9.69 Å². The summed E-state index contributed by atoms with van der Waals surface area (Å²) in [6.07, 6.45) is -3.59. The molecule has 0 saturated carbocycles. The Bertz CT molecular complexity index is 1740. The number of amidine groups is 1. The van der Waals surface area contributed by atoms with Gasteiger partial charge in [-0.25, -0.2) is 18.9 Å². The second-order valence-corrected chi connectivity index (χ2v) is 10.8. The molecule has 9 nitrogen and oxygen atoms in total. The minimum Gasteiger partial charge on any atom is -0.406 e. The normalized spacial score (nSPS) is 14.6. The van der Waals surface area contributed by atoms with Crippen LogP contribution in [0, 0.1) is 12.7 Å². The highest BCUT2D eigenvalue weighted by Crippen LogP contribution is 2.34. The van der Waals surface area contributed by atoms with Crippen molar-refractivity contribution in [1.29, 1.82) is 0 Å². The number of carbonyl (C=O) groups is 2. The Hall–Kier alpha value is -4.72. The van der Waals surface area contributed by atoms with Gasteiger partial charge in [0.2, 0.25) is 5.91 Å². The summed E-state index contributed by atoms with van der Waals surface area (Å²) in [7, 11) is 0. The number of benzene rings is 3. The number of nitrogens with one attached hydrogen (secondary N) is 1. The second kappa shape index (κ2) is 11.9. The average molecular weight is 613 g/mol. The van der Waals surface area contributed by atoms with Crippen LogP contribution in [0.1, 0.15) is 30.9 Å². The number of hydrogen-bond acceptors (Lipinski definition) is 6. The fourth-order valence-electron chi connectivity index (χ4n) is 4.35. The monoisotopic (exact) mass is 612 g/mol. The second-order valence-electron chi connectivity index (χ2n) is 9.81. The lowest BCUT2D eigenvalue weighted by Gasteiger charge is -2.22. The number of aromatic nitrogens is 3. The number of thioether (sulfide) groups is 1. The van der Waals surface area contributed by atoms with E-state index < -0.39 is 24.0 Å². The summed E-state index contributed by atoms with van der Waals surface area (Å²) >= 11 is 1.12. The number of anilines is 2. The number of alkyl halides is 3. The van der Waals surface area contributed by atoms with Crippen molar-refractivity contribution in [2.75, 3.05) is 16.0 Å². The minimum absolute atomic E-state index is 0.0924. The molecule has 0 unspecified atom stereocenters. The Morgan fingerprint density at radius 1 is 1.12 bits per heavy atom. The molecule has 14 heteroatoms. The van der Waals surface area contributed by atoms with E-state index in [2.05, 4.69) is 25.1 Å². The summed E-state index contributed by atoms with van der Waals surface area (Å²) in [4.78, 5) is 35.1. The van der Waals surface area contributed by atoms with Gasteiger partial charge in [0.1, 0.15) is 17.9 Å². The van der Waals surface area contributed by atoms with Gasteiger partial charge in [0, 0.05) is 11.6 Å². The van der Waals surface area contributed by atoms with Crippen LogP contribution in [0.25, 0.3) is 17.1 Å². The van der Waals surface area contributed by atoms with Gasteiger partial charge in [-0.2, -0.15) is 4.99 Å². The van der Waals surface area contributed by atoms with E-state index in [9.17, 15) is 22.8 Å². The van der Waals surface area contributed by atoms with E-state index in [1.54, 1.807) is 0 Å². The highest BCUT2D eigenvalue weighted by atomic mass is 32.2. The summed E-state index contributed by atoms with van der Waals surface area (Å²) < 4.78 is 57.9. The first-order valence-electron chi connectivity index (χ1n) is 12.9. The molecule has 1 aliphatic heterocycles. The Morgan fingerprint density at radius 3 is 2.63 bits per heavy atom. The number of aliphatic imine (C=N–C) groups is 1. The number of nitrogens with zero attached hydrogens (tertiary/aromatic N) is 5. The zero-order valence-corrected chi connectivity index (χ0v) is 23.8. The van der Waals surface area contributed by atoms with Crippen LogP contribution in [0.4, 0.5) is 33.7 Å². The maximum absolute atomic E-state index is 15.0. The molecule has 0 aliphatic carbocycles. The molecule has 0 spiro atoms. The largest absolute Gasteiger partial charge is 0.573 e. The van der Waals surface area contributed by atoms with E-state index in [1.807, 2.05) is 39.0 Å². The molecule has 3 aromatic carbocycles. The Labute approximate surface area is 247 Å². The van der Waals surface area contributed by atoms with Crippen LogP contribution in [-0.4, -0.2) is 44.0 Å². The molecule has 1 aliphatic rings. The molecular weight excluding hydrogens is 588 g/mol. The Kier molecular flexibility index (Phi) is 8.22. The molecule has 0 bridgehead atoms. The van der Waals surface area contributed by atoms with E-state index in [-0.39, 0.29) is 45.5 Å². The standard InChI is InChI=1S/C29H24F4N6O3S/c1-16(2)21-9-7-17(3)11-24(21)39-25(40)14-43-28(39)36-27(41)35-23-10-8-18(12-22(23)30)26-34-15-38(37-26)19-5-4-6-20(13-19)42-29(31,32)33/h4-13,15-16H,14H2,1-3H3,(H,35,41). The third-order valence-corrected chi connectivity index (χ3v) is 7.21. The summed E-state index contributed by atoms with van der Waals surface area (Å²) in [5, 5.41) is 6.80. The third kappa shape index (κ3) is 6.85. The lowest BCUT2D eigenvalue weighted by molar-refractivity contribution is -0.274. The van der Waals surface area contributed by atoms with Crippen LogP contribution in [0.3, 0.4) is 0 Å². The number of rotatable bonds is 6. The van der Waals surface area contributed by atoms with Crippen molar-refractivity contribution in [2.45, 2.75) is 33.1 Å². The van der Waals surface area contributed by atoms with Crippen molar-refractivity contribution >= 4 is 40.2 Å². The van der Waals surface area contributed by atoms with Crippen LogP contribution in [0.5, 0.6) is 5.75 Å². The van der Waals surface area contributed by atoms with Gasteiger partial charge in [-0.15, -0.1) is 18.3 Å². The molecule has 4 aromatic rings. The highest BCUT2D eigenvalue weighted by molar-refractivity contribution is 8.15. The SMILES string of the molecule is Cc1ccc(C(C)C)c(N2C(=O)CSC2=NC(=O)Nc2ccc(-c3ncn(-c4cccc(OC(F)(F)F)c4)n3)cc2F)c1. The maximum atomic E-state index is 15.0. The van der Waals surface area contributed by atoms with Gasteiger partial charge in [0.25, 0.3) is 0 Å². The van der Waals surface area contributed by atoms with Crippen LogP contribution in [0.15, 0.2) is 72.0 Å². The fraction of sp³-hybridized carbons (Fsp3) is 0.207. The molecule has 222 valence electrons. The number of hydrogen-bond donors (Lipinski definition) is 1.